The Hall–Kier alpha value is -2.33. The summed E-state index contributed by atoms with van der Waals surface area (Å²) in [5.41, 5.74) is 1.81. The highest BCUT2D eigenvalue weighted by Crippen LogP contribution is 2.14. The second-order valence-corrected chi connectivity index (χ2v) is 6.03. The number of amides is 1. The lowest BCUT2D eigenvalue weighted by atomic mass is 10.1. The fourth-order valence-corrected chi connectivity index (χ4v) is 2.88. The third-order valence-corrected chi connectivity index (χ3v) is 4.46. The number of rotatable bonds is 5. The van der Waals surface area contributed by atoms with Crippen LogP contribution in [0.2, 0.25) is 0 Å². The normalized spacial score (nSPS) is 15.3. The number of benzene rings is 2. The van der Waals surface area contributed by atoms with E-state index >= 15 is 0 Å². The Balaban J connectivity index is 1.55. The second-order valence-electron chi connectivity index (χ2n) is 6.03. The van der Waals surface area contributed by atoms with Crippen LogP contribution in [0.15, 0.2) is 54.6 Å². The van der Waals surface area contributed by atoms with Gasteiger partial charge in [0.15, 0.2) is 0 Å². The molecule has 1 saturated heterocycles. The van der Waals surface area contributed by atoms with E-state index in [-0.39, 0.29) is 5.91 Å². The van der Waals surface area contributed by atoms with Crippen molar-refractivity contribution in [3.8, 4) is 5.75 Å². The van der Waals surface area contributed by atoms with Crippen molar-refractivity contribution in [3.05, 3.63) is 65.7 Å². The molecule has 0 N–H and O–H groups in total. The van der Waals surface area contributed by atoms with Crippen molar-refractivity contribution >= 4 is 5.91 Å². The number of piperazine rings is 1. The monoisotopic (exact) mass is 324 g/mol. The third-order valence-electron chi connectivity index (χ3n) is 4.46. The molecule has 4 heteroatoms. The van der Waals surface area contributed by atoms with Crippen LogP contribution in [0.25, 0.3) is 0 Å². The molecule has 4 nitrogen and oxygen atoms in total. The molecular weight excluding hydrogens is 300 g/mol. The molecule has 0 aliphatic carbocycles. The maximum atomic E-state index is 12.6. The Kier molecular flexibility index (Phi) is 5.49. The first kappa shape index (κ1) is 16.5. The average molecular weight is 324 g/mol. The van der Waals surface area contributed by atoms with E-state index < -0.39 is 0 Å². The largest absolute Gasteiger partial charge is 0.489 e. The predicted molar refractivity (Wildman–Crippen MR) is 95.2 cm³/mol. The zero-order valence-electron chi connectivity index (χ0n) is 14.1. The molecule has 2 aromatic rings. The molecule has 0 atom stereocenters. The van der Waals surface area contributed by atoms with Gasteiger partial charge in [-0.3, -0.25) is 4.79 Å². The molecule has 1 heterocycles. The molecule has 126 valence electrons. The van der Waals surface area contributed by atoms with Crippen LogP contribution in [0.1, 0.15) is 22.8 Å². The van der Waals surface area contributed by atoms with Crippen molar-refractivity contribution in [2.45, 2.75) is 13.5 Å². The van der Waals surface area contributed by atoms with Crippen LogP contribution in [0.5, 0.6) is 5.75 Å². The number of nitrogens with zero attached hydrogens (tertiary/aromatic N) is 2. The number of carbonyl (C=O) groups excluding carboxylic acids is 1. The third kappa shape index (κ3) is 4.15. The smallest absolute Gasteiger partial charge is 0.253 e. The van der Waals surface area contributed by atoms with Gasteiger partial charge in [-0.25, -0.2) is 0 Å². The van der Waals surface area contributed by atoms with Crippen LogP contribution in [-0.2, 0) is 6.61 Å². The van der Waals surface area contributed by atoms with E-state index in [1.54, 1.807) is 0 Å². The molecule has 1 aliphatic heterocycles. The van der Waals surface area contributed by atoms with Crippen molar-refractivity contribution in [1.82, 2.24) is 9.80 Å². The quantitative estimate of drug-likeness (QED) is 0.847. The van der Waals surface area contributed by atoms with Gasteiger partial charge in [0.05, 0.1) is 0 Å². The summed E-state index contributed by atoms with van der Waals surface area (Å²) in [5, 5.41) is 0. The van der Waals surface area contributed by atoms with Gasteiger partial charge in [0.25, 0.3) is 5.91 Å². The van der Waals surface area contributed by atoms with Crippen LogP contribution < -0.4 is 4.74 Å². The van der Waals surface area contributed by atoms with E-state index in [2.05, 4.69) is 11.8 Å². The fourth-order valence-electron chi connectivity index (χ4n) is 2.88. The van der Waals surface area contributed by atoms with E-state index in [4.69, 9.17) is 4.74 Å². The summed E-state index contributed by atoms with van der Waals surface area (Å²) in [5.74, 6) is 0.979. The van der Waals surface area contributed by atoms with Crippen molar-refractivity contribution in [3.63, 3.8) is 0 Å². The standard InChI is InChI=1S/C20H24N2O2/c1-2-21-12-14-22(15-13-21)20(23)18-10-8-17(9-11-18)16-24-19-6-4-3-5-7-19/h3-11H,2,12-16H2,1H3. The highest BCUT2D eigenvalue weighted by Gasteiger charge is 2.21. The lowest BCUT2D eigenvalue weighted by Gasteiger charge is -2.34. The van der Waals surface area contributed by atoms with Gasteiger partial charge in [-0.1, -0.05) is 37.3 Å². The molecule has 0 unspecified atom stereocenters. The number of carbonyl (C=O) groups is 1. The van der Waals surface area contributed by atoms with E-state index in [0.29, 0.717) is 6.61 Å². The van der Waals surface area contributed by atoms with Crippen LogP contribution in [0.4, 0.5) is 0 Å². The minimum absolute atomic E-state index is 0.126. The van der Waals surface area contributed by atoms with Crippen molar-refractivity contribution in [2.24, 2.45) is 0 Å². The Morgan fingerprint density at radius 1 is 0.958 bits per heavy atom. The summed E-state index contributed by atoms with van der Waals surface area (Å²) < 4.78 is 5.73. The first-order valence-corrected chi connectivity index (χ1v) is 8.54. The van der Waals surface area contributed by atoms with Gasteiger partial charge in [0, 0.05) is 31.7 Å². The first-order chi connectivity index (χ1) is 11.8. The molecule has 0 radical (unpaired) electrons. The SMILES string of the molecule is CCN1CCN(C(=O)c2ccc(COc3ccccc3)cc2)CC1. The van der Waals surface area contributed by atoms with Crippen LogP contribution in [-0.4, -0.2) is 48.4 Å². The van der Waals surface area contributed by atoms with E-state index in [9.17, 15) is 4.79 Å². The lowest BCUT2D eigenvalue weighted by molar-refractivity contribution is 0.0643. The van der Waals surface area contributed by atoms with Gasteiger partial charge in [0.1, 0.15) is 12.4 Å². The average Bonchev–Trinajstić information content (AvgIpc) is 2.67. The molecule has 0 saturated carbocycles. The molecule has 0 bridgehead atoms. The molecule has 3 rings (SSSR count). The summed E-state index contributed by atoms with van der Waals surface area (Å²) in [4.78, 5) is 16.9. The van der Waals surface area contributed by atoms with Gasteiger partial charge in [-0.05, 0) is 36.4 Å². The van der Waals surface area contributed by atoms with Gasteiger partial charge in [0.2, 0.25) is 0 Å². The Bertz CT molecular complexity index is 647. The van der Waals surface area contributed by atoms with Gasteiger partial charge >= 0.3 is 0 Å². The molecule has 1 aliphatic rings. The number of hydrogen-bond donors (Lipinski definition) is 0. The van der Waals surface area contributed by atoms with Gasteiger partial charge in [-0.15, -0.1) is 0 Å². The van der Waals surface area contributed by atoms with E-state index in [1.807, 2.05) is 59.5 Å². The zero-order chi connectivity index (χ0) is 16.8. The minimum Gasteiger partial charge on any atom is -0.489 e. The summed E-state index contributed by atoms with van der Waals surface area (Å²) in [6, 6.07) is 17.5. The molecule has 1 fully saturated rings. The van der Waals surface area contributed by atoms with Crippen molar-refractivity contribution < 1.29 is 9.53 Å². The predicted octanol–water partition coefficient (Wildman–Crippen LogP) is 3.04. The van der Waals surface area contributed by atoms with Crippen molar-refractivity contribution in [2.75, 3.05) is 32.7 Å². The Morgan fingerprint density at radius 3 is 2.25 bits per heavy atom. The Morgan fingerprint density at radius 2 is 1.62 bits per heavy atom. The fraction of sp³-hybridized carbons (Fsp3) is 0.350. The zero-order valence-corrected chi connectivity index (χ0v) is 14.1. The maximum absolute atomic E-state index is 12.6. The molecule has 2 aromatic carbocycles. The van der Waals surface area contributed by atoms with E-state index in [0.717, 1.165) is 49.6 Å². The molecule has 1 amide bonds. The van der Waals surface area contributed by atoms with Gasteiger partial charge in [-0.2, -0.15) is 0 Å². The second kappa shape index (κ2) is 7.97. The number of hydrogen-bond acceptors (Lipinski definition) is 3. The number of ether oxygens (including phenoxy) is 1. The highest BCUT2D eigenvalue weighted by molar-refractivity contribution is 5.94. The van der Waals surface area contributed by atoms with Gasteiger partial charge < -0.3 is 14.5 Å². The topological polar surface area (TPSA) is 32.8 Å². The summed E-state index contributed by atoms with van der Waals surface area (Å²) in [6.45, 7) is 7.27. The summed E-state index contributed by atoms with van der Waals surface area (Å²) >= 11 is 0. The van der Waals surface area contributed by atoms with Crippen LogP contribution in [0.3, 0.4) is 0 Å². The van der Waals surface area contributed by atoms with E-state index in [1.165, 1.54) is 0 Å². The molecule has 0 spiro atoms. The Labute approximate surface area is 143 Å². The van der Waals surface area contributed by atoms with Crippen molar-refractivity contribution in [1.29, 1.82) is 0 Å². The number of likely N-dealkylation sites (N-methyl/N-ethyl adjacent to an activating group) is 1. The number of para-hydroxylation sites is 1. The van der Waals surface area contributed by atoms with Crippen LogP contribution >= 0.6 is 0 Å². The molecular formula is C20H24N2O2. The minimum atomic E-state index is 0.126. The highest BCUT2D eigenvalue weighted by atomic mass is 16.5. The lowest BCUT2D eigenvalue weighted by Crippen LogP contribution is -2.48. The summed E-state index contributed by atoms with van der Waals surface area (Å²) in [6.07, 6.45) is 0. The summed E-state index contributed by atoms with van der Waals surface area (Å²) in [7, 11) is 0. The molecule has 0 aromatic heterocycles. The molecule has 24 heavy (non-hydrogen) atoms. The van der Waals surface area contributed by atoms with Crippen LogP contribution in [0, 0.1) is 0 Å². The first-order valence-electron chi connectivity index (χ1n) is 8.54. The maximum Gasteiger partial charge on any atom is 0.253 e.